The second-order valence-corrected chi connectivity index (χ2v) is 7.25. The number of Topliss-reactive ketones (excluding diaryl/α,β-unsaturated/α-hetero) is 1. The van der Waals surface area contributed by atoms with E-state index in [2.05, 4.69) is 9.88 Å². The highest BCUT2D eigenvalue weighted by molar-refractivity contribution is 6.00. The number of nitrogens with one attached hydrogen (secondary N) is 1. The molecule has 8 heteroatoms. The molecule has 1 fully saturated rings. The Morgan fingerprint density at radius 2 is 1.67 bits per heavy atom. The highest BCUT2D eigenvalue weighted by Gasteiger charge is 2.28. The average Bonchev–Trinajstić information content (AvgIpc) is 3.53. The van der Waals surface area contributed by atoms with Gasteiger partial charge in [0.2, 0.25) is 5.78 Å². The molecule has 1 saturated carbocycles. The van der Waals surface area contributed by atoms with Crippen molar-refractivity contribution in [3.8, 4) is 11.5 Å². The fourth-order valence-corrected chi connectivity index (χ4v) is 3.42. The van der Waals surface area contributed by atoms with E-state index in [0.717, 1.165) is 24.2 Å². The number of amides is 1. The van der Waals surface area contributed by atoms with Crippen LogP contribution in [0.3, 0.4) is 0 Å². The van der Waals surface area contributed by atoms with E-state index in [1.807, 2.05) is 19.9 Å². The summed E-state index contributed by atoms with van der Waals surface area (Å²) >= 11 is 0. The SMILES string of the molecule is COc1cc(OC)cc(C(=O)NCC(=O)OCC(=O)c2cc(C)n(C3CC3)c2C)c1. The van der Waals surface area contributed by atoms with Gasteiger partial charge in [0.25, 0.3) is 5.91 Å². The Hall–Kier alpha value is -3.29. The van der Waals surface area contributed by atoms with Gasteiger partial charge in [0.05, 0.1) is 14.2 Å². The number of carbonyl (C=O) groups is 3. The van der Waals surface area contributed by atoms with Gasteiger partial charge >= 0.3 is 5.97 Å². The molecule has 0 radical (unpaired) electrons. The number of rotatable bonds is 9. The summed E-state index contributed by atoms with van der Waals surface area (Å²) in [5.41, 5.74) is 2.78. The Balaban J connectivity index is 1.52. The fraction of sp³-hybridized carbons (Fsp3) is 0.409. The van der Waals surface area contributed by atoms with Crippen molar-refractivity contribution in [2.45, 2.75) is 32.7 Å². The summed E-state index contributed by atoms with van der Waals surface area (Å²) in [7, 11) is 2.96. The third-order valence-corrected chi connectivity index (χ3v) is 5.07. The second kappa shape index (κ2) is 9.02. The average molecular weight is 414 g/mol. The summed E-state index contributed by atoms with van der Waals surface area (Å²) in [6.45, 7) is 3.16. The maximum atomic E-state index is 12.5. The van der Waals surface area contributed by atoms with Crippen LogP contribution in [0.1, 0.15) is 51.0 Å². The van der Waals surface area contributed by atoms with Crippen LogP contribution in [0.25, 0.3) is 0 Å². The molecule has 30 heavy (non-hydrogen) atoms. The van der Waals surface area contributed by atoms with Crippen molar-refractivity contribution in [2.75, 3.05) is 27.4 Å². The van der Waals surface area contributed by atoms with Gasteiger partial charge in [-0.05, 0) is 44.9 Å². The maximum absolute atomic E-state index is 12.5. The number of nitrogens with zero attached hydrogens (tertiary/aromatic N) is 1. The molecule has 0 bridgehead atoms. The predicted molar refractivity (Wildman–Crippen MR) is 109 cm³/mol. The van der Waals surface area contributed by atoms with Gasteiger partial charge in [-0.25, -0.2) is 0 Å². The molecular formula is C22H26N2O6. The molecule has 2 aromatic rings. The van der Waals surface area contributed by atoms with Crippen LogP contribution in [0.15, 0.2) is 24.3 Å². The zero-order valence-corrected chi connectivity index (χ0v) is 17.6. The van der Waals surface area contributed by atoms with E-state index in [0.29, 0.717) is 23.1 Å². The number of hydrogen-bond donors (Lipinski definition) is 1. The number of methoxy groups -OCH3 is 2. The zero-order chi connectivity index (χ0) is 21.8. The number of aryl methyl sites for hydroxylation is 1. The van der Waals surface area contributed by atoms with Crippen LogP contribution in [0.2, 0.25) is 0 Å². The lowest BCUT2D eigenvalue weighted by Gasteiger charge is -2.09. The van der Waals surface area contributed by atoms with Crippen LogP contribution in [-0.4, -0.2) is 49.6 Å². The monoisotopic (exact) mass is 414 g/mol. The standard InChI is InChI=1S/C22H26N2O6/c1-13-7-19(14(2)24(13)16-5-6-16)20(25)12-30-21(26)11-23-22(27)15-8-17(28-3)10-18(9-15)29-4/h7-10,16H,5-6,11-12H2,1-4H3,(H,23,27). The number of hydrogen-bond acceptors (Lipinski definition) is 6. The van der Waals surface area contributed by atoms with Gasteiger partial charge in [-0.3, -0.25) is 14.4 Å². The van der Waals surface area contributed by atoms with Crippen molar-refractivity contribution in [3.05, 3.63) is 46.8 Å². The van der Waals surface area contributed by atoms with Crippen molar-refractivity contribution in [3.63, 3.8) is 0 Å². The Morgan fingerprint density at radius 3 is 2.23 bits per heavy atom. The first-order valence-corrected chi connectivity index (χ1v) is 9.72. The van der Waals surface area contributed by atoms with Gasteiger partial charge in [-0.15, -0.1) is 0 Å². The van der Waals surface area contributed by atoms with Gasteiger partial charge in [-0.1, -0.05) is 0 Å². The van der Waals surface area contributed by atoms with E-state index >= 15 is 0 Å². The summed E-state index contributed by atoms with van der Waals surface area (Å²) in [6.07, 6.45) is 2.25. The van der Waals surface area contributed by atoms with Crippen LogP contribution in [0.5, 0.6) is 11.5 Å². The fourth-order valence-electron chi connectivity index (χ4n) is 3.42. The lowest BCUT2D eigenvalue weighted by atomic mass is 10.1. The molecular weight excluding hydrogens is 388 g/mol. The summed E-state index contributed by atoms with van der Waals surface area (Å²) in [5, 5.41) is 2.47. The number of esters is 1. The summed E-state index contributed by atoms with van der Waals surface area (Å²) in [4.78, 5) is 36.8. The number of carbonyl (C=O) groups excluding carboxylic acids is 3. The molecule has 0 spiro atoms. The van der Waals surface area contributed by atoms with Gasteiger partial charge in [0, 0.05) is 34.6 Å². The highest BCUT2D eigenvalue weighted by atomic mass is 16.5. The van der Waals surface area contributed by atoms with Crippen LogP contribution >= 0.6 is 0 Å². The van der Waals surface area contributed by atoms with E-state index in [4.69, 9.17) is 14.2 Å². The van der Waals surface area contributed by atoms with Gasteiger partial charge < -0.3 is 24.1 Å². The first-order chi connectivity index (χ1) is 14.3. The molecule has 8 nitrogen and oxygen atoms in total. The molecule has 1 aliphatic carbocycles. The molecule has 0 atom stereocenters. The minimum absolute atomic E-state index is 0.257. The summed E-state index contributed by atoms with van der Waals surface area (Å²) in [5.74, 6) is -0.522. The van der Waals surface area contributed by atoms with E-state index in [9.17, 15) is 14.4 Å². The van der Waals surface area contributed by atoms with Crippen molar-refractivity contribution in [2.24, 2.45) is 0 Å². The molecule has 3 rings (SSSR count). The van der Waals surface area contributed by atoms with Crippen molar-refractivity contribution in [1.29, 1.82) is 0 Å². The third-order valence-electron chi connectivity index (χ3n) is 5.07. The minimum atomic E-state index is -0.692. The molecule has 1 aromatic heterocycles. The Kier molecular flexibility index (Phi) is 6.44. The zero-order valence-electron chi connectivity index (χ0n) is 17.6. The quantitative estimate of drug-likeness (QED) is 0.501. The Morgan fingerprint density at radius 1 is 1.03 bits per heavy atom. The lowest BCUT2D eigenvalue weighted by Crippen LogP contribution is -2.31. The minimum Gasteiger partial charge on any atom is -0.497 e. The van der Waals surface area contributed by atoms with Crippen LogP contribution in [0, 0.1) is 13.8 Å². The number of aromatic nitrogens is 1. The van der Waals surface area contributed by atoms with E-state index < -0.39 is 11.9 Å². The van der Waals surface area contributed by atoms with Crippen molar-refractivity contribution < 1.29 is 28.6 Å². The molecule has 1 aliphatic rings. The molecule has 0 saturated heterocycles. The molecule has 1 aromatic carbocycles. The molecule has 1 amide bonds. The van der Waals surface area contributed by atoms with Crippen LogP contribution in [0.4, 0.5) is 0 Å². The van der Waals surface area contributed by atoms with E-state index in [1.165, 1.54) is 26.4 Å². The first kappa shape index (κ1) is 21.4. The third kappa shape index (κ3) is 4.82. The Bertz CT molecular complexity index is 952. The molecule has 0 aliphatic heterocycles. The normalized spacial score (nSPS) is 12.9. The lowest BCUT2D eigenvalue weighted by molar-refractivity contribution is -0.141. The largest absolute Gasteiger partial charge is 0.497 e. The summed E-state index contributed by atoms with van der Waals surface area (Å²) in [6, 6.07) is 7.00. The smallest absolute Gasteiger partial charge is 0.325 e. The number of ketones is 1. The highest BCUT2D eigenvalue weighted by Crippen LogP contribution is 2.38. The van der Waals surface area contributed by atoms with Gasteiger partial charge in [0.1, 0.15) is 18.0 Å². The van der Waals surface area contributed by atoms with E-state index in [-0.39, 0.29) is 24.5 Å². The summed E-state index contributed by atoms with van der Waals surface area (Å²) < 4.78 is 17.5. The van der Waals surface area contributed by atoms with Crippen molar-refractivity contribution >= 4 is 17.7 Å². The predicted octanol–water partition coefficient (Wildman–Crippen LogP) is 2.61. The number of benzene rings is 1. The number of ether oxygens (including phenoxy) is 3. The molecule has 1 heterocycles. The van der Waals surface area contributed by atoms with Gasteiger partial charge in [0.15, 0.2) is 6.61 Å². The first-order valence-electron chi connectivity index (χ1n) is 9.72. The van der Waals surface area contributed by atoms with E-state index in [1.54, 1.807) is 6.07 Å². The molecule has 160 valence electrons. The van der Waals surface area contributed by atoms with Crippen molar-refractivity contribution in [1.82, 2.24) is 9.88 Å². The second-order valence-electron chi connectivity index (χ2n) is 7.25. The maximum Gasteiger partial charge on any atom is 0.325 e. The van der Waals surface area contributed by atoms with Crippen LogP contribution < -0.4 is 14.8 Å². The van der Waals surface area contributed by atoms with Gasteiger partial charge in [-0.2, -0.15) is 0 Å². The topological polar surface area (TPSA) is 95.9 Å². The Labute approximate surface area is 175 Å². The molecule has 0 unspecified atom stereocenters. The molecule has 1 N–H and O–H groups in total. The van der Waals surface area contributed by atoms with Crippen LogP contribution in [-0.2, 0) is 9.53 Å².